The number of rotatable bonds is 7. The molecule has 4 atom stereocenters. The summed E-state index contributed by atoms with van der Waals surface area (Å²) in [6.07, 6.45) is -13.0. The Morgan fingerprint density at radius 2 is 1.52 bits per heavy atom. The van der Waals surface area contributed by atoms with Gasteiger partial charge in [0.05, 0.1) is 10.6 Å². The summed E-state index contributed by atoms with van der Waals surface area (Å²) in [6, 6.07) is 3.77. The summed E-state index contributed by atoms with van der Waals surface area (Å²) < 4.78 is 160. The minimum atomic E-state index is -6.40. The highest BCUT2D eigenvalue weighted by Crippen LogP contribution is 2.59. The number of benzene rings is 2. The number of hydrogen-bond donors (Lipinski definition) is 2. The molecular weight excluding hydrogens is 650 g/mol. The van der Waals surface area contributed by atoms with Crippen LogP contribution in [-0.2, 0) is 41.3 Å². The van der Waals surface area contributed by atoms with E-state index in [4.69, 9.17) is 0 Å². The van der Waals surface area contributed by atoms with Crippen LogP contribution in [0.4, 0.5) is 35.1 Å². The molecule has 2 N–H and O–H groups in total. The number of sulfone groups is 2. The maximum atomic E-state index is 14.9. The molecule has 1 fully saturated rings. The lowest BCUT2D eigenvalue weighted by atomic mass is 9.73. The normalized spacial score (nSPS) is 24.2. The van der Waals surface area contributed by atoms with Crippen molar-refractivity contribution in [1.82, 2.24) is 5.32 Å². The van der Waals surface area contributed by atoms with Crippen molar-refractivity contribution in [2.75, 3.05) is 12.0 Å². The topological polar surface area (TPSA) is 118 Å². The molecule has 1 amide bonds. The van der Waals surface area contributed by atoms with E-state index in [9.17, 15) is 61.9 Å². The lowest BCUT2D eigenvalue weighted by Crippen LogP contribution is -2.55. The van der Waals surface area contributed by atoms with Gasteiger partial charge in [-0.05, 0) is 68.0 Å². The Balaban J connectivity index is 1.88. The maximum Gasteiger partial charge on any atom is 0.435 e. The Bertz CT molecular complexity index is 1660. The number of hydrogen-bond acceptors (Lipinski definition) is 6. The standard InChI is InChI=1S/C27H27F8NO6S2/c1-23(38,14-43(2,39)40)22(37)36-21-11-12-24(44(41,42)18-7-5-17(28)6-8-18)19-10-4-16(13-15(19)3-9-20(21)24)25(29,26(30,31)32)27(33,34)35/h4-8,10,13,20-21,38H,3,9,11-12,14H2,1-2H3,(H,36,37)/t20-,21+,23-,24+/m0/s1. The zero-order valence-electron chi connectivity index (χ0n) is 23.1. The fourth-order valence-electron chi connectivity index (χ4n) is 6.45. The van der Waals surface area contributed by atoms with Gasteiger partial charge in [-0.2, -0.15) is 26.3 Å². The number of halogens is 8. The molecule has 1 saturated carbocycles. The van der Waals surface area contributed by atoms with Gasteiger partial charge in [-0.3, -0.25) is 4.79 Å². The molecule has 4 rings (SSSR count). The van der Waals surface area contributed by atoms with E-state index in [1.165, 1.54) is 0 Å². The zero-order valence-corrected chi connectivity index (χ0v) is 24.7. The number of carbonyl (C=O) groups excluding carboxylic acids is 1. The van der Waals surface area contributed by atoms with Gasteiger partial charge in [0.25, 0.3) is 5.91 Å². The third-order valence-electron chi connectivity index (χ3n) is 8.33. The molecular formula is C27H27F8NO6S2. The van der Waals surface area contributed by atoms with Gasteiger partial charge in [-0.15, -0.1) is 0 Å². The monoisotopic (exact) mass is 677 g/mol. The van der Waals surface area contributed by atoms with Crippen LogP contribution >= 0.6 is 0 Å². The van der Waals surface area contributed by atoms with Gasteiger partial charge in [-0.1, -0.05) is 18.2 Å². The largest absolute Gasteiger partial charge is 0.435 e. The average Bonchev–Trinajstić information content (AvgIpc) is 3.25. The van der Waals surface area contributed by atoms with Crippen molar-refractivity contribution in [1.29, 1.82) is 0 Å². The van der Waals surface area contributed by atoms with E-state index >= 15 is 0 Å². The summed E-state index contributed by atoms with van der Waals surface area (Å²) in [5.74, 6) is -4.01. The summed E-state index contributed by atoms with van der Waals surface area (Å²) in [5, 5.41) is 13.0. The molecule has 0 radical (unpaired) electrons. The van der Waals surface area contributed by atoms with E-state index in [-0.39, 0.29) is 42.9 Å². The Hall–Kier alpha value is -2.79. The Labute approximate surface area is 247 Å². The minimum Gasteiger partial charge on any atom is -0.379 e. The third kappa shape index (κ3) is 5.48. The zero-order chi connectivity index (χ0) is 33.3. The number of aryl methyl sites for hydroxylation is 1. The highest BCUT2D eigenvalue weighted by atomic mass is 32.2. The van der Waals surface area contributed by atoms with Crippen molar-refractivity contribution >= 4 is 25.6 Å². The molecule has 7 nitrogen and oxygen atoms in total. The lowest BCUT2D eigenvalue weighted by Gasteiger charge is -2.43. The van der Waals surface area contributed by atoms with E-state index in [0.717, 1.165) is 37.4 Å². The number of alkyl halides is 7. The molecule has 0 unspecified atom stereocenters. The molecule has 2 aromatic rings. The van der Waals surface area contributed by atoms with Crippen molar-refractivity contribution in [2.45, 2.75) is 71.9 Å². The van der Waals surface area contributed by atoms with Crippen molar-refractivity contribution < 1.29 is 61.9 Å². The van der Waals surface area contributed by atoms with Crippen LogP contribution in [0.15, 0.2) is 47.4 Å². The van der Waals surface area contributed by atoms with Crippen LogP contribution in [0, 0.1) is 11.7 Å². The second-order valence-corrected chi connectivity index (χ2v) is 15.8. The van der Waals surface area contributed by atoms with Crippen molar-refractivity contribution in [3.63, 3.8) is 0 Å². The van der Waals surface area contributed by atoms with Gasteiger partial charge in [0, 0.05) is 23.8 Å². The molecule has 0 aliphatic heterocycles. The predicted octanol–water partition coefficient (Wildman–Crippen LogP) is 4.42. The highest BCUT2D eigenvalue weighted by molar-refractivity contribution is 7.92. The molecule has 2 aliphatic carbocycles. The van der Waals surface area contributed by atoms with Crippen molar-refractivity contribution in [3.05, 3.63) is 65.0 Å². The van der Waals surface area contributed by atoms with Crippen LogP contribution < -0.4 is 5.32 Å². The lowest BCUT2D eigenvalue weighted by molar-refractivity contribution is -0.348. The molecule has 2 aromatic carbocycles. The van der Waals surface area contributed by atoms with Crippen LogP contribution in [-0.4, -0.2) is 63.9 Å². The van der Waals surface area contributed by atoms with Crippen LogP contribution in [0.25, 0.3) is 0 Å². The maximum absolute atomic E-state index is 14.9. The molecule has 244 valence electrons. The van der Waals surface area contributed by atoms with Gasteiger partial charge in [-0.25, -0.2) is 25.6 Å². The van der Waals surface area contributed by atoms with E-state index in [0.29, 0.717) is 12.1 Å². The molecule has 44 heavy (non-hydrogen) atoms. The number of carbonyl (C=O) groups is 1. The molecule has 0 aromatic heterocycles. The Morgan fingerprint density at radius 1 is 0.955 bits per heavy atom. The highest BCUT2D eigenvalue weighted by Gasteiger charge is 2.73. The van der Waals surface area contributed by atoms with Gasteiger partial charge in [0.15, 0.2) is 25.3 Å². The van der Waals surface area contributed by atoms with Crippen LogP contribution in [0.3, 0.4) is 0 Å². The average molecular weight is 678 g/mol. The van der Waals surface area contributed by atoms with Gasteiger partial charge < -0.3 is 10.4 Å². The van der Waals surface area contributed by atoms with E-state index in [1.807, 2.05) is 0 Å². The first-order valence-corrected chi connectivity index (χ1v) is 16.6. The van der Waals surface area contributed by atoms with Gasteiger partial charge >= 0.3 is 18.0 Å². The van der Waals surface area contributed by atoms with Gasteiger partial charge in [0.1, 0.15) is 10.6 Å². The minimum absolute atomic E-state index is 0.120. The summed E-state index contributed by atoms with van der Waals surface area (Å²) in [5.41, 5.74) is -10.5. The van der Waals surface area contributed by atoms with Crippen LogP contribution in [0.5, 0.6) is 0 Å². The smallest absolute Gasteiger partial charge is 0.379 e. The first kappa shape index (κ1) is 34.1. The predicted molar refractivity (Wildman–Crippen MR) is 140 cm³/mol. The number of fused-ring (bicyclic) bond motifs is 3. The molecule has 17 heteroatoms. The van der Waals surface area contributed by atoms with Crippen LogP contribution in [0.2, 0.25) is 0 Å². The quantitative estimate of drug-likeness (QED) is 0.331. The summed E-state index contributed by atoms with van der Waals surface area (Å²) in [6.45, 7) is 0.934. The van der Waals surface area contributed by atoms with Crippen molar-refractivity contribution in [2.24, 2.45) is 5.92 Å². The van der Waals surface area contributed by atoms with Gasteiger partial charge in [0.2, 0.25) is 0 Å². The third-order valence-corrected chi connectivity index (χ3v) is 12.0. The van der Waals surface area contributed by atoms with Crippen LogP contribution in [0.1, 0.15) is 42.9 Å². The number of aliphatic hydroxyl groups is 1. The number of nitrogens with one attached hydrogen (secondary N) is 1. The molecule has 0 spiro atoms. The fourth-order valence-corrected chi connectivity index (χ4v) is 10.1. The molecule has 0 bridgehead atoms. The SMILES string of the molecule is C[C@](O)(CS(C)(=O)=O)C(=O)N[C@@H]1CC[C@@]2(S(=O)(=O)c3ccc(F)cc3)c3ccc(C(F)(C(F)(F)F)C(F)(F)F)cc3CC[C@@H]12. The van der Waals surface area contributed by atoms with E-state index < -0.39 is 87.9 Å². The van der Waals surface area contributed by atoms with Crippen molar-refractivity contribution in [3.8, 4) is 0 Å². The Morgan fingerprint density at radius 3 is 2.05 bits per heavy atom. The summed E-state index contributed by atoms with van der Waals surface area (Å²) in [4.78, 5) is 12.5. The molecule has 0 heterocycles. The van der Waals surface area contributed by atoms with E-state index in [1.54, 1.807) is 0 Å². The summed E-state index contributed by atoms with van der Waals surface area (Å²) in [7, 11) is -8.51. The fraction of sp³-hybridized carbons (Fsp3) is 0.519. The molecule has 0 saturated heterocycles. The summed E-state index contributed by atoms with van der Waals surface area (Å²) >= 11 is 0. The first-order valence-electron chi connectivity index (χ1n) is 13.1. The second kappa shape index (κ2) is 10.6. The molecule has 2 aliphatic rings. The first-order chi connectivity index (χ1) is 19.9. The second-order valence-electron chi connectivity index (χ2n) is 11.5. The Kier molecular flexibility index (Phi) is 8.25. The number of amides is 1. The van der Waals surface area contributed by atoms with E-state index in [2.05, 4.69) is 5.32 Å².